The number of rotatable bonds is 4. The average Bonchev–Trinajstić information content (AvgIpc) is 2.66. The molecule has 0 fully saturated rings. The average molecular weight is 238 g/mol. The molecule has 0 radical (unpaired) electrons. The maximum atomic E-state index is 5.45. The van der Waals surface area contributed by atoms with Crippen LogP contribution in [0.3, 0.4) is 0 Å². The molecule has 16 heavy (non-hydrogen) atoms. The van der Waals surface area contributed by atoms with Gasteiger partial charge in [0.05, 0.1) is 12.3 Å². The summed E-state index contributed by atoms with van der Waals surface area (Å²) in [5.41, 5.74) is 1.82. The number of imidazole rings is 1. The lowest BCUT2D eigenvalue weighted by atomic mass is 10.4. The van der Waals surface area contributed by atoms with E-state index in [-0.39, 0.29) is 0 Å². The highest BCUT2D eigenvalue weighted by atomic mass is 32.2. The Hall–Kier alpha value is -1.30. The number of fused-ring (bicyclic) bond motifs is 1. The monoisotopic (exact) mass is 238 g/mol. The van der Waals surface area contributed by atoms with Crippen molar-refractivity contribution >= 4 is 17.3 Å². The Labute approximate surface area is 98.2 Å². The van der Waals surface area contributed by atoms with Crippen LogP contribution < -0.4 is 4.74 Å². The van der Waals surface area contributed by atoms with Gasteiger partial charge in [-0.25, -0.2) is 4.98 Å². The van der Waals surface area contributed by atoms with Crippen molar-refractivity contribution in [2.45, 2.75) is 25.9 Å². The summed E-state index contributed by atoms with van der Waals surface area (Å²) in [6.07, 6.45) is 1.76. The van der Waals surface area contributed by atoms with Gasteiger partial charge in [-0.1, -0.05) is 18.7 Å². The first-order valence-corrected chi connectivity index (χ1v) is 6.22. The predicted octanol–water partition coefficient (Wildman–Crippen LogP) is 1.94. The van der Waals surface area contributed by atoms with Crippen LogP contribution in [-0.4, -0.2) is 31.9 Å². The number of nitrogens with zero attached hydrogens (tertiary/aromatic N) is 4. The van der Waals surface area contributed by atoms with Gasteiger partial charge in [-0.15, -0.1) is 10.2 Å². The van der Waals surface area contributed by atoms with Crippen LogP contribution in [0.25, 0.3) is 5.52 Å². The lowest BCUT2D eigenvalue weighted by molar-refractivity contribution is 0.323. The second kappa shape index (κ2) is 4.69. The minimum atomic E-state index is 0.554. The Morgan fingerprint density at radius 3 is 2.88 bits per heavy atom. The van der Waals surface area contributed by atoms with E-state index in [9.17, 15) is 0 Å². The quantitative estimate of drug-likeness (QED) is 0.762. The minimum Gasteiger partial charge on any atom is -0.475 e. The van der Waals surface area contributed by atoms with Crippen molar-refractivity contribution in [3.63, 3.8) is 0 Å². The summed E-state index contributed by atoms with van der Waals surface area (Å²) < 4.78 is 7.38. The van der Waals surface area contributed by atoms with Crippen molar-refractivity contribution in [2.75, 3.05) is 12.4 Å². The van der Waals surface area contributed by atoms with Crippen LogP contribution in [-0.2, 0) is 0 Å². The van der Waals surface area contributed by atoms with E-state index < -0.39 is 0 Å². The van der Waals surface area contributed by atoms with Gasteiger partial charge >= 0.3 is 0 Å². The van der Waals surface area contributed by atoms with Gasteiger partial charge in [0, 0.05) is 0 Å². The zero-order chi connectivity index (χ0) is 11.5. The Bertz CT molecular complexity index is 497. The predicted molar refractivity (Wildman–Crippen MR) is 63.1 cm³/mol. The fraction of sp³-hybridized carbons (Fsp3) is 0.500. The van der Waals surface area contributed by atoms with E-state index in [2.05, 4.69) is 22.1 Å². The summed E-state index contributed by atoms with van der Waals surface area (Å²) in [6.45, 7) is 6.53. The maximum Gasteiger partial charge on any atom is 0.260 e. The van der Waals surface area contributed by atoms with Crippen LogP contribution in [0.5, 0.6) is 5.88 Å². The Morgan fingerprint density at radius 2 is 2.19 bits per heavy atom. The second-order valence-corrected chi connectivity index (χ2v) is 4.43. The zero-order valence-electron chi connectivity index (χ0n) is 9.60. The van der Waals surface area contributed by atoms with Crippen LogP contribution in [0, 0.1) is 6.92 Å². The highest BCUT2D eigenvalue weighted by molar-refractivity contribution is 7.99. The molecule has 0 saturated heterocycles. The van der Waals surface area contributed by atoms with E-state index >= 15 is 0 Å². The largest absolute Gasteiger partial charge is 0.475 e. The third kappa shape index (κ3) is 1.84. The van der Waals surface area contributed by atoms with E-state index in [1.165, 1.54) is 0 Å². The molecule has 0 spiro atoms. The van der Waals surface area contributed by atoms with Crippen LogP contribution >= 0.6 is 11.8 Å². The number of thioether (sulfide) groups is 1. The molecule has 0 aliphatic rings. The van der Waals surface area contributed by atoms with Crippen molar-refractivity contribution in [1.82, 2.24) is 19.6 Å². The van der Waals surface area contributed by atoms with Crippen molar-refractivity contribution in [1.29, 1.82) is 0 Å². The Kier molecular flexibility index (Phi) is 3.28. The standard InChI is InChI=1S/C10H14N4OS/c1-4-15-9-8-7(3)11-6-14(8)10(13-12-9)16-5-2/h6H,4-5H2,1-3H3. The molecule has 0 N–H and O–H groups in total. The summed E-state index contributed by atoms with van der Waals surface area (Å²) in [7, 11) is 0. The van der Waals surface area contributed by atoms with Gasteiger partial charge in [0.15, 0.2) is 5.16 Å². The van der Waals surface area contributed by atoms with E-state index in [0.717, 1.165) is 22.1 Å². The molecule has 2 rings (SSSR count). The number of hydrogen-bond donors (Lipinski definition) is 0. The molecule has 2 aromatic rings. The molecule has 0 atom stereocenters. The molecule has 0 aliphatic heterocycles. The fourth-order valence-electron chi connectivity index (χ4n) is 1.49. The highest BCUT2D eigenvalue weighted by Gasteiger charge is 2.13. The number of ether oxygens (including phenoxy) is 1. The summed E-state index contributed by atoms with van der Waals surface area (Å²) in [5, 5.41) is 9.08. The number of aryl methyl sites for hydroxylation is 1. The maximum absolute atomic E-state index is 5.45. The third-order valence-corrected chi connectivity index (χ3v) is 2.97. The molecule has 0 aromatic carbocycles. The van der Waals surface area contributed by atoms with Crippen molar-refractivity contribution in [2.24, 2.45) is 0 Å². The van der Waals surface area contributed by atoms with Gasteiger partial charge in [0.25, 0.3) is 5.88 Å². The van der Waals surface area contributed by atoms with Gasteiger partial charge in [0.2, 0.25) is 0 Å². The normalized spacial score (nSPS) is 10.9. The summed E-state index contributed by atoms with van der Waals surface area (Å²) in [4.78, 5) is 4.27. The summed E-state index contributed by atoms with van der Waals surface area (Å²) >= 11 is 1.64. The van der Waals surface area contributed by atoms with E-state index in [1.54, 1.807) is 18.1 Å². The molecule has 0 unspecified atom stereocenters. The van der Waals surface area contributed by atoms with E-state index in [1.807, 2.05) is 18.2 Å². The molecule has 0 aliphatic carbocycles. The van der Waals surface area contributed by atoms with Crippen LogP contribution in [0.4, 0.5) is 0 Å². The van der Waals surface area contributed by atoms with Gasteiger partial charge in [-0.3, -0.25) is 4.40 Å². The lowest BCUT2D eigenvalue weighted by Gasteiger charge is -2.06. The van der Waals surface area contributed by atoms with E-state index in [4.69, 9.17) is 4.74 Å². The van der Waals surface area contributed by atoms with Gasteiger partial charge < -0.3 is 4.74 Å². The molecule has 0 amide bonds. The first kappa shape index (κ1) is 11.2. The molecule has 5 nitrogen and oxygen atoms in total. The highest BCUT2D eigenvalue weighted by Crippen LogP contribution is 2.24. The zero-order valence-corrected chi connectivity index (χ0v) is 10.4. The summed E-state index contributed by atoms with van der Waals surface area (Å²) in [6, 6.07) is 0. The first-order valence-electron chi connectivity index (χ1n) is 5.23. The molecule has 86 valence electrons. The smallest absolute Gasteiger partial charge is 0.260 e. The molecular formula is C10H14N4OS. The first-order chi connectivity index (χ1) is 7.77. The minimum absolute atomic E-state index is 0.554. The van der Waals surface area contributed by atoms with E-state index in [0.29, 0.717) is 12.5 Å². The van der Waals surface area contributed by atoms with Gasteiger partial charge in [-0.05, 0) is 19.6 Å². The van der Waals surface area contributed by atoms with Gasteiger partial charge in [-0.2, -0.15) is 0 Å². The lowest BCUT2D eigenvalue weighted by Crippen LogP contribution is -2.03. The Morgan fingerprint density at radius 1 is 1.38 bits per heavy atom. The van der Waals surface area contributed by atoms with Gasteiger partial charge in [0.1, 0.15) is 11.8 Å². The third-order valence-electron chi connectivity index (χ3n) is 2.14. The fourth-order valence-corrected chi connectivity index (χ4v) is 2.12. The molecule has 2 aromatic heterocycles. The number of hydrogen-bond acceptors (Lipinski definition) is 5. The van der Waals surface area contributed by atoms with Crippen molar-refractivity contribution < 1.29 is 4.74 Å². The molecular weight excluding hydrogens is 224 g/mol. The van der Waals surface area contributed by atoms with Crippen LogP contribution in [0.15, 0.2) is 11.5 Å². The SMILES string of the molecule is CCOc1nnc(SCC)n2cnc(C)c12. The van der Waals surface area contributed by atoms with Crippen LogP contribution in [0.1, 0.15) is 19.5 Å². The second-order valence-electron chi connectivity index (χ2n) is 3.20. The topological polar surface area (TPSA) is 52.3 Å². The molecule has 0 bridgehead atoms. The number of aromatic nitrogens is 4. The Balaban J connectivity index is 2.59. The summed E-state index contributed by atoms with van der Waals surface area (Å²) in [5.74, 6) is 1.51. The molecule has 2 heterocycles. The molecule has 0 saturated carbocycles. The van der Waals surface area contributed by atoms with Crippen LogP contribution in [0.2, 0.25) is 0 Å². The van der Waals surface area contributed by atoms with Crippen molar-refractivity contribution in [3.05, 3.63) is 12.0 Å². The molecule has 6 heteroatoms. The van der Waals surface area contributed by atoms with Crippen molar-refractivity contribution in [3.8, 4) is 5.88 Å².